The van der Waals surface area contributed by atoms with Crippen molar-refractivity contribution in [2.24, 2.45) is 11.7 Å². The maximum atomic E-state index is 8.56. The predicted molar refractivity (Wildman–Crippen MR) is 46.3 cm³/mol. The molecule has 1 saturated carbocycles. The summed E-state index contributed by atoms with van der Waals surface area (Å²) in [4.78, 5) is 8.56. The molecular weight excluding hydrogens is 158 g/mol. The minimum atomic E-state index is -1.83. The number of rotatable bonds is 0. The molecule has 1 aliphatic carbocycles. The van der Waals surface area contributed by atoms with Crippen molar-refractivity contribution in [1.29, 1.82) is 0 Å². The van der Waals surface area contributed by atoms with E-state index in [-0.39, 0.29) is 0 Å². The lowest BCUT2D eigenvalue weighted by atomic mass is 9.88. The second-order valence-electron chi connectivity index (χ2n) is 3.30. The molecule has 0 bridgehead atoms. The molecule has 0 amide bonds. The summed E-state index contributed by atoms with van der Waals surface area (Å²) in [6.07, 6.45) is 3.37. The molecule has 4 nitrogen and oxygen atoms in total. The van der Waals surface area contributed by atoms with Crippen LogP contribution in [-0.2, 0) is 0 Å². The van der Waals surface area contributed by atoms with Gasteiger partial charge >= 0.3 is 6.16 Å². The van der Waals surface area contributed by atoms with E-state index < -0.39 is 6.16 Å². The van der Waals surface area contributed by atoms with E-state index in [0.717, 1.165) is 5.92 Å². The van der Waals surface area contributed by atoms with Crippen molar-refractivity contribution < 1.29 is 15.0 Å². The van der Waals surface area contributed by atoms with Gasteiger partial charge in [0.15, 0.2) is 0 Å². The van der Waals surface area contributed by atoms with Crippen molar-refractivity contribution in [1.82, 2.24) is 0 Å². The zero-order chi connectivity index (χ0) is 9.56. The molecule has 12 heavy (non-hydrogen) atoms. The van der Waals surface area contributed by atoms with Crippen molar-refractivity contribution in [2.45, 2.75) is 38.6 Å². The Kier molecular flexibility index (Phi) is 5.45. The minimum absolute atomic E-state index is 0.520. The monoisotopic (exact) mass is 175 g/mol. The average Bonchev–Trinajstić information content (AvgIpc) is 1.94. The molecule has 0 aliphatic heterocycles. The summed E-state index contributed by atoms with van der Waals surface area (Å²) in [5, 5.41) is 13.9. The van der Waals surface area contributed by atoms with Crippen molar-refractivity contribution in [2.75, 3.05) is 0 Å². The standard InChI is InChI=1S/C7H15N.CH2O3/c1-6-2-4-7(8)5-3-6;2-1(3)4/h6-7H,2-5,8H2,1H3;(H2,2,3,4)/t6-,7+;. The number of hydrogen-bond donors (Lipinski definition) is 3. The molecule has 0 unspecified atom stereocenters. The van der Waals surface area contributed by atoms with Gasteiger partial charge in [0.1, 0.15) is 0 Å². The van der Waals surface area contributed by atoms with Crippen LogP contribution in [0.5, 0.6) is 0 Å². The average molecular weight is 175 g/mol. The number of hydrogen-bond acceptors (Lipinski definition) is 2. The SMILES string of the molecule is C[C@H]1CC[C@@H](N)CC1.O=C(O)O. The molecule has 0 radical (unpaired) electrons. The van der Waals surface area contributed by atoms with Crippen LogP contribution in [0, 0.1) is 5.92 Å². The maximum Gasteiger partial charge on any atom is 0.503 e. The molecule has 1 aliphatic rings. The van der Waals surface area contributed by atoms with E-state index in [9.17, 15) is 0 Å². The molecule has 1 rings (SSSR count). The number of carbonyl (C=O) groups is 1. The summed E-state index contributed by atoms with van der Waals surface area (Å²) in [7, 11) is 0. The van der Waals surface area contributed by atoms with E-state index in [0.29, 0.717) is 6.04 Å². The van der Waals surface area contributed by atoms with E-state index in [1.165, 1.54) is 25.7 Å². The minimum Gasteiger partial charge on any atom is -0.450 e. The van der Waals surface area contributed by atoms with E-state index in [1.54, 1.807) is 0 Å². The number of carboxylic acid groups (broad SMARTS) is 2. The van der Waals surface area contributed by atoms with Crippen LogP contribution >= 0.6 is 0 Å². The van der Waals surface area contributed by atoms with Crippen molar-refractivity contribution in [3.63, 3.8) is 0 Å². The van der Waals surface area contributed by atoms with Gasteiger partial charge in [0.2, 0.25) is 0 Å². The van der Waals surface area contributed by atoms with Crippen LogP contribution in [0.15, 0.2) is 0 Å². The first-order valence-corrected chi connectivity index (χ1v) is 4.20. The van der Waals surface area contributed by atoms with Crippen LogP contribution in [-0.4, -0.2) is 22.4 Å². The highest BCUT2D eigenvalue weighted by Gasteiger charge is 2.13. The fraction of sp³-hybridized carbons (Fsp3) is 0.875. The van der Waals surface area contributed by atoms with Crippen molar-refractivity contribution in [3.05, 3.63) is 0 Å². The Balaban J connectivity index is 0.000000261. The van der Waals surface area contributed by atoms with Crippen LogP contribution in [0.3, 0.4) is 0 Å². The summed E-state index contributed by atoms with van der Waals surface area (Å²) < 4.78 is 0. The van der Waals surface area contributed by atoms with Gasteiger partial charge in [-0.05, 0) is 31.6 Å². The summed E-state index contributed by atoms with van der Waals surface area (Å²) in [6, 6.07) is 0.520. The molecule has 4 N–H and O–H groups in total. The summed E-state index contributed by atoms with van der Waals surface area (Å²) in [5.74, 6) is 0.940. The van der Waals surface area contributed by atoms with Crippen LogP contribution < -0.4 is 5.73 Å². The zero-order valence-corrected chi connectivity index (χ0v) is 7.36. The molecule has 1 fully saturated rings. The summed E-state index contributed by atoms with van der Waals surface area (Å²) in [6.45, 7) is 2.31. The van der Waals surface area contributed by atoms with Crippen LogP contribution in [0.2, 0.25) is 0 Å². The highest BCUT2D eigenvalue weighted by molar-refractivity contribution is 5.53. The first-order valence-electron chi connectivity index (χ1n) is 4.20. The Morgan fingerprint density at radius 1 is 1.25 bits per heavy atom. The van der Waals surface area contributed by atoms with Crippen LogP contribution in [0.4, 0.5) is 4.79 Å². The molecule has 72 valence electrons. The molecule has 0 spiro atoms. The van der Waals surface area contributed by atoms with E-state index in [4.69, 9.17) is 20.7 Å². The lowest BCUT2D eigenvalue weighted by Gasteiger charge is -2.22. The van der Waals surface area contributed by atoms with Gasteiger partial charge in [0, 0.05) is 6.04 Å². The van der Waals surface area contributed by atoms with Crippen molar-refractivity contribution in [3.8, 4) is 0 Å². The van der Waals surface area contributed by atoms with Gasteiger partial charge in [0.05, 0.1) is 0 Å². The number of nitrogens with two attached hydrogens (primary N) is 1. The van der Waals surface area contributed by atoms with E-state index >= 15 is 0 Å². The highest BCUT2D eigenvalue weighted by Crippen LogP contribution is 2.21. The first-order chi connectivity index (χ1) is 5.52. The van der Waals surface area contributed by atoms with Crippen LogP contribution in [0.25, 0.3) is 0 Å². The van der Waals surface area contributed by atoms with Gasteiger partial charge in [-0.3, -0.25) is 0 Å². The van der Waals surface area contributed by atoms with Gasteiger partial charge in [0.25, 0.3) is 0 Å². The quantitative estimate of drug-likeness (QED) is 0.523. The molecule has 0 saturated heterocycles. The van der Waals surface area contributed by atoms with Gasteiger partial charge in [-0.2, -0.15) is 0 Å². The Morgan fingerprint density at radius 2 is 1.58 bits per heavy atom. The second-order valence-corrected chi connectivity index (χ2v) is 3.30. The van der Waals surface area contributed by atoms with Gasteiger partial charge in [-0.25, -0.2) is 4.79 Å². The van der Waals surface area contributed by atoms with Crippen LogP contribution in [0.1, 0.15) is 32.6 Å². The lowest BCUT2D eigenvalue weighted by Crippen LogP contribution is -2.25. The van der Waals surface area contributed by atoms with Gasteiger partial charge in [-0.1, -0.05) is 6.92 Å². The smallest absolute Gasteiger partial charge is 0.450 e. The first kappa shape index (κ1) is 11.2. The third kappa shape index (κ3) is 7.34. The molecule has 0 heterocycles. The van der Waals surface area contributed by atoms with Gasteiger partial charge in [-0.15, -0.1) is 0 Å². The third-order valence-corrected chi connectivity index (χ3v) is 2.06. The van der Waals surface area contributed by atoms with Gasteiger partial charge < -0.3 is 15.9 Å². The Morgan fingerprint density at radius 3 is 1.83 bits per heavy atom. The third-order valence-electron chi connectivity index (χ3n) is 2.06. The predicted octanol–water partition coefficient (Wildman–Crippen LogP) is 1.75. The molecule has 4 heteroatoms. The fourth-order valence-electron chi connectivity index (χ4n) is 1.29. The topological polar surface area (TPSA) is 83.6 Å². The molecule has 0 aromatic heterocycles. The molecular formula is C8H17NO3. The molecule has 0 aromatic rings. The Labute approximate surface area is 72.4 Å². The molecule has 0 aromatic carbocycles. The molecule has 0 atom stereocenters. The second kappa shape index (κ2) is 5.83. The fourth-order valence-corrected chi connectivity index (χ4v) is 1.29. The van der Waals surface area contributed by atoms with Crippen molar-refractivity contribution >= 4 is 6.16 Å². The van der Waals surface area contributed by atoms with E-state index in [1.807, 2.05) is 0 Å². The zero-order valence-electron chi connectivity index (χ0n) is 7.36. The Bertz CT molecular complexity index is 116. The summed E-state index contributed by atoms with van der Waals surface area (Å²) in [5.41, 5.74) is 5.70. The largest absolute Gasteiger partial charge is 0.503 e. The highest BCUT2D eigenvalue weighted by atomic mass is 16.6. The summed E-state index contributed by atoms with van der Waals surface area (Å²) >= 11 is 0. The maximum absolute atomic E-state index is 8.56. The lowest BCUT2D eigenvalue weighted by molar-refractivity contribution is 0.137. The normalized spacial score (nSPS) is 28.5. The van der Waals surface area contributed by atoms with E-state index in [2.05, 4.69) is 6.92 Å². The Hall–Kier alpha value is -0.770.